The van der Waals surface area contributed by atoms with Crippen molar-refractivity contribution in [3.8, 4) is 0 Å². The first kappa shape index (κ1) is 12.6. The zero-order valence-corrected chi connectivity index (χ0v) is 11.9. The van der Waals surface area contributed by atoms with Crippen molar-refractivity contribution in [2.75, 3.05) is 0 Å². The number of H-pyrrole nitrogens is 1. The molecule has 2 aromatic rings. The molecular weight excluding hydrogens is 264 g/mol. The summed E-state index contributed by atoms with van der Waals surface area (Å²) in [7, 11) is 0. The zero-order valence-electron chi connectivity index (χ0n) is 11.9. The molecule has 0 atom stereocenters. The van der Waals surface area contributed by atoms with Crippen LogP contribution >= 0.6 is 0 Å². The number of carbonyl (C=O) groups excluding carboxylic acids is 1. The van der Waals surface area contributed by atoms with Crippen LogP contribution in [-0.2, 0) is 6.54 Å². The van der Waals surface area contributed by atoms with Crippen LogP contribution in [0.4, 0.5) is 0 Å². The second-order valence-electron chi connectivity index (χ2n) is 6.08. The van der Waals surface area contributed by atoms with Crippen LogP contribution in [-0.4, -0.2) is 21.8 Å². The largest absolute Gasteiger partial charge is 0.350 e. The number of aromatic nitrogens is 1. The molecule has 0 spiro atoms. The van der Waals surface area contributed by atoms with Gasteiger partial charge in [-0.15, -0.1) is 0 Å². The van der Waals surface area contributed by atoms with Gasteiger partial charge in [0.2, 0.25) is 0 Å². The number of nitrogens with one attached hydrogen (secondary N) is 1. The normalized spacial score (nSPS) is 19.2. The highest BCUT2D eigenvalue weighted by molar-refractivity contribution is 5.99. The molecule has 21 heavy (non-hydrogen) atoms. The van der Waals surface area contributed by atoms with E-state index in [1.165, 1.54) is 19.3 Å². The van der Waals surface area contributed by atoms with Crippen LogP contribution in [0.25, 0.3) is 10.9 Å². The standard InChI is InChI=1S/C17H18N2O2/c20-16-12-8-4-5-9-14(12)18-15-13(16)10-19(17(15)21)11-6-2-1-3-7-11/h4-5,8-9,11H,1-3,6-7,10H2,(H,18,20). The lowest BCUT2D eigenvalue weighted by atomic mass is 9.94. The number of hydrogen-bond acceptors (Lipinski definition) is 2. The van der Waals surface area contributed by atoms with Gasteiger partial charge in [0, 0.05) is 22.5 Å². The van der Waals surface area contributed by atoms with Crippen LogP contribution < -0.4 is 5.43 Å². The van der Waals surface area contributed by atoms with Gasteiger partial charge < -0.3 is 9.88 Å². The Morgan fingerprint density at radius 3 is 2.62 bits per heavy atom. The molecule has 1 aliphatic carbocycles. The van der Waals surface area contributed by atoms with Gasteiger partial charge in [-0.05, 0) is 25.0 Å². The zero-order chi connectivity index (χ0) is 14.4. The van der Waals surface area contributed by atoms with Gasteiger partial charge in [0.25, 0.3) is 5.91 Å². The molecule has 1 aliphatic heterocycles. The molecule has 1 amide bonds. The number of carbonyl (C=O) groups is 1. The maximum Gasteiger partial charge on any atom is 0.271 e. The number of amides is 1. The summed E-state index contributed by atoms with van der Waals surface area (Å²) in [6, 6.07) is 7.72. The minimum Gasteiger partial charge on any atom is -0.350 e. The first-order chi connectivity index (χ1) is 10.3. The van der Waals surface area contributed by atoms with E-state index in [1.54, 1.807) is 0 Å². The summed E-state index contributed by atoms with van der Waals surface area (Å²) in [6.45, 7) is 0.471. The SMILES string of the molecule is O=C1c2[nH]c3ccccc3c(=O)c2CN1C1CCCCC1. The summed E-state index contributed by atoms with van der Waals surface area (Å²) in [5.74, 6) is -0.000229. The van der Waals surface area contributed by atoms with E-state index in [4.69, 9.17) is 0 Å². The van der Waals surface area contributed by atoms with Gasteiger partial charge in [-0.25, -0.2) is 0 Å². The van der Waals surface area contributed by atoms with Crippen molar-refractivity contribution in [3.63, 3.8) is 0 Å². The minimum atomic E-state index is -0.000229. The number of rotatable bonds is 1. The molecule has 2 heterocycles. The number of para-hydroxylation sites is 1. The summed E-state index contributed by atoms with van der Waals surface area (Å²) in [6.07, 6.45) is 5.75. The molecule has 0 unspecified atom stereocenters. The van der Waals surface area contributed by atoms with Gasteiger partial charge in [-0.2, -0.15) is 0 Å². The molecular formula is C17H18N2O2. The van der Waals surface area contributed by atoms with E-state index in [-0.39, 0.29) is 11.3 Å². The second kappa shape index (κ2) is 4.72. The predicted octanol–water partition coefficient (Wildman–Crippen LogP) is 2.82. The Kier molecular flexibility index (Phi) is 2.84. The van der Waals surface area contributed by atoms with Crippen molar-refractivity contribution in [2.24, 2.45) is 0 Å². The fourth-order valence-corrected chi connectivity index (χ4v) is 3.68. The molecule has 4 rings (SSSR count). The fourth-order valence-electron chi connectivity index (χ4n) is 3.68. The van der Waals surface area contributed by atoms with E-state index in [2.05, 4.69) is 4.98 Å². The predicted molar refractivity (Wildman–Crippen MR) is 81.3 cm³/mol. The summed E-state index contributed by atoms with van der Waals surface area (Å²) in [5.41, 5.74) is 1.90. The summed E-state index contributed by atoms with van der Waals surface area (Å²) in [5, 5.41) is 0.676. The molecule has 1 N–H and O–H groups in total. The average Bonchev–Trinajstić information content (AvgIpc) is 2.86. The Morgan fingerprint density at radius 2 is 1.81 bits per heavy atom. The van der Waals surface area contributed by atoms with Gasteiger partial charge in [-0.1, -0.05) is 31.4 Å². The molecule has 2 aliphatic rings. The van der Waals surface area contributed by atoms with E-state index in [9.17, 15) is 9.59 Å². The number of hydrogen-bond donors (Lipinski definition) is 1. The number of benzene rings is 1. The topological polar surface area (TPSA) is 53.2 Å². The van der Waals surface area contributed by atoms with Crippen LogP contribution in [0, 0.1) is 0 Å². The third kappa shape index (κ3) is 1.89. The van der Waals surface area contributed by atoms with E-state index in [0.717, 1.165) is 18.4 Å². The lowest BCUT2D eigenvalue weighted by Crippen LogP contribution is -2.37. The quantitative estimate of drug-likeness (QED) is 0.874. The Balaban J connectivity index is 1.80. The molecule has 1 saturated carbocycles. The number of aromatic amines is 1. The van der Waals surface area contributed by atoms with E-state index in [0.29, 0.717) is 29.2 Å². The molecule has 0 radical (unpaired) electrons. The van der Waals surface area contributed by atoms with Gasteiger partial charge in [0.05, 0.1) is 6.54 Å². The third-order valence-electron chi connectivity index (χ3n) is 4.83. The first-order valence-corrected chi connectivity index (χ1v) is 7.70. The van der Waals surface area contributed by atoms with Crippen molar-refractivity contribution < 1.29 is 4.79 Å². The Labute approximate surface area is 122 Å². The van der Waals surface area contributed by atoms with Crippen LogP contribution in [0.3, 0.4) is 0 Å². The monoisotopic (exact) mass is 282 g/mol. The summed E-state index contributed by atoms with van der Waals surface area (Å²) >= 11 is 0. The smallest absolute Gasteiger partial charge is 0.271 e. The third-order valence-corrected chi connectivity index (χ3v) is 4.83. The van der Waals surface area contributed by atoms with Gasteiger partial charge in [0.15, 0.2) is 5.43 Å². The van der Waals surface area contributed by atoms with E-state index >= 15 is 0 Å². The Hall–Kier alpha value is -2.10. The Morgan fingerprint density at radius 1 is 1.05 bits per heavy atom. The van der Waals surface area contributed by atoms with E-state index in [1.807, 2.05) is 29.2 Å². The molecule has 4 heteroatoms. The van der Waals surface area contributed by atoms with E-state index < -0.39 is 0 Å². The molecule has 4 nitrogen and oxygen atoms in total. The average molecular weight is 282 g/mol. The first-order valence-electron chi connectivity index (χ1n) is 7.70. The molecule has 108 valence electrons. The lowest BCUT2D eigenvalue weighted by Gasteiger charge is -2.30. The van der Waals surface area contributed by atoms with Crippen LogP contribution in [0.5, 0.6) is 0 Å². The maximum atomic E-state index is 12.6. The van der Waals surface area contributed by atoms with Crippen LogP contribution in [0.2, 0.25) is 0 Å². The number of pyridine rings is 1. The maximum absolute atomic E-state index is 12.6. The molecule has 1 aromatic carbocycles. The van der Waals surface area contributed by atoms with Crippen molar-refractivity contribution in [1.82, 2.24) is 9.88 Å². The molecule has 0 bridgehead atoms. The molecule has 1 aromatic heterocycles. The number of fused-ring (bicyclic) bond motifs is 2. The lowest BCUT2D eigenvalue weighted by molar-refractivity contribution is 0.0656. The van der Waals surface area contributed by atoms with Gasteiger partial charge in [0.1, 0.15) is 5.69 Å². The highest BCUT2D eigenvalue weighted by atomic mass is 16.2. The van der Waals surface area contributed by atoms with Crippen molar-refractivity contribution in [1.29, 1.82) is 0 Å². The summed E-state index contributed by atoms with van der Waals surface area (Å²) < 4.78 is 0. The fraction of sp³-hybridized carbons (Fsp3) is 0.412. The molecule has 0 saturated heterocycles. The molecule has 1 fully saturated rings. The van der Waals surface area contributed by atoms with Crippen LogP contribution in [0.1, 0.15) is 48.2 Å². The van der Waals surface area contributed by atoms with Gasteiger partial charge in [-0.3, -0.25) is 9.59 Å². The minimum absolute atomic E-state index is 0.000229. The summed E-state index contributed by atoms with van der Waals surface area (Å²) in [4.78, 5) is 30.3. The van der Waals surface area contributed by atoms with Crippen molar-refractivity contribution in [3.05, 3.63) is 45.7 Å². The van der Waals surface area contributed by atoms with Crippen LogP contribution in [0.15, 0.2) is 29.1 Å². The Bertz CT molecular complexity index is 772. The van der Waals surface area contributed by atoms with Crippen molar-refractivity contribution >= 4 is 16.8 Å². The highest BCUT2D eigenvalue weighted by Gasteiger charge is 2.35. The number of nitrogens with zero attached hydrogens (tertiary/aromatic N) is 1. The van der Waals surface area contributed by atoms with Crippen molar-refractivity contribution in [2.45, 2.75) is 44.7 Å². The second-order valence-corrected chi connectivity index (χ2v) is 6.08. The van der Waals surface area contributed by atoms with Gasteiger partial charge >= 0.3 is 0 Å². The highest BCUT2D eigenvalue weighted by Crippen LogP contribution is 2.29.